The van der Waals surface area contributed by atoms with Crippen LogP contribution in [0.4, 0.5) is 52.8 Å². The van der Waals surface area contributed by atoms with Gasteiger partial charge < -0.3 is 4.74 Å². The van der Waals surface area contributed by atoms with E-state index in [1.807, 2.05) is 0 Å². The molecule has 0 bridgehead atoms. The van der Waals surface area contributed by atoms with Crippen LogP contribution in [0.3, 0.4) is 0 Å². The smallest absolute Gasteiger partial charge is 0.365 e. The lowest BCUT2D eigenvalue weighted by atomic mass is 9.95. The lowest BCUT2D eigenvalue weighted by Gasteiger charge is -2.43. The van der Waals surface area contributed by atoms with Crippen LogP contribution in [0.25, 0.3) is 0 Å². The van der Waals surface area contributed by atoms with Gasteiger partial charge in [-0.15, -0.1) is 9.60 Å². The first-order chi connectivity index (χ1) is 12.9. The topological polar surface area (TPSA) is 15.7 Å². The fourth-order valence-corrected chi connectivity index (χ4v) is 2.67. The summed E-state index contributed by atoms with van der Waals surface area (Å²) in [5, 5.41) is 0.123. The average Bonchev–Trinajstić information content (AvgIpc) is 2.58. The summed E-state index contributed by atoms with van der Waals surface area (Å²) in [5.74, 6) is -5.38. The summed E-state index contributed by atoms with van der Waals surface area (Å²) in [6, 6.07) is 0. The van der Waals surface area contributed by atoms with Crippen molar-refractivity contribution in [3.8, 4) is 0 Å². The number of halogens is 12. The molecule has 0 saturated carbocycles. The zero-order valence-corrected chi connectivity index (χ0v) is 15.0. The van der Waals surface area contributed by atoms with Gasteiger partial charge >= 0.3 is 18.3 Å². The van der Waals surface area contributed by atoms with Crippen molar-refractivity contribution in [2.45, 2.75) is 62.5 Å². The van der Waals surface area contributed by atoms with E-state index in [0.29, 0.717) is 0 Å². The summed E-state index contributed by atoms with van der Waals surface area (Å²) in [4.78, 5) is 0.250. The van der Waals surface area contributed by atoms with Crippen molar-refractivity contribution in [2.75, 3.05) is 26.2 Å². The maximum Gasteiger partial charge on any atom is 0.429 e. The minimum atomic E-state index is -6.07. The van der Waals surface area contributed by atoms with Crippen LogP contribution in [0.1, 0.15) is 13.8 Å². The molecule has 1 saturated heterocycles. The van der Waals surface area contributed by atoms with E-state index in [0.717, 1.165) is 0 Å². The van der Waals surface area contributed by atoms with E-state index >= 15 is 0 Å². The SMILES string of the molecule is CC(OC(C)C(F)(C(F)N1CCN(F)CC1)C(F)(F)F)C(F)(F)C(F)C(F)(F)F. The molecular weight excluding hydrogens is 440 g/mol. The third kappa shape index (κ3) is 5.40. The summed E-state index contributed by atoms with van der Waals surface area (Å²) >= 11 is 0. The van der Waals surface area contributed by atoms with Crippen LogP contribution in [0.5, 0.6) is 0 Å². The Hall–Kier alpha value is -0.960. The van der Waals surface area contributed by atoms with Gasteiger partial charge in [-0.1, -0.05) is 0 Å². The van der Waals surface area contributed by atoms with Crippen molar-refractivity contribution in [1.82, 2.24) is 10.0 Å². The quantitative estimate of drug-likeness (QED) is 0.320. The average molecular weight is 458 g/mol. The van der Waals surface area contributed by atoms with Crippen LogP contribution in [0.2, 0.25) is 0 Å². The molecule has 3 nitrogen and oxygen atoms in total. The minimum Gasteiger partial charge on any atom is -0.365 e. The Labute approximate surface area is 157 Å². The number of hydrogen-bond donors (Lipinski definition) is 0. The van der Waals surface area contributed by atoms with Crippen molar-refractivity contribution in [1.29, 1.82) is 0 Å². The Morgan fingerprint density at radius 2 is 1.21 bits per heavy atom. The molecule has 0 aromatic heterocycles. The van der Waals surface area contributed by atoms with Crippen molar-refractivity contribution >= 4 is 0 Å². The lowest BCUT2D eigenvalue weighted by molar-refractivity contribution is -0.323. The number of hydrogen-bond acceptors (Lipinski definition) is 3. The summed E-state index contributed by atoms with van der Waals surface area (Å²) < 4.78 is 163. The molecule has 0 amide bonds. The largest absolute Gasteiger partial charge is 0.429 e. The Bertz CT molecular complexity index is 534. The Kier molecular flexibility index (Phi) is 7.78. The van der Waals surface area contributed by atoms with Crippen molar-refractivity contribution in [2.24, 2.45) is 0 Å². The molecule has 5 atom stereocenters. The molecule has 1 rings (SSSR count). The Morgan fingerprint density at radius 1 is 0.759 bits per heavy atom. The molecule has 174 valence electrons. The van der Waals surface area contributed by atoms with Gasteiger partial charge in [0.25, 0.3) is 11.8 Å². The van der Waals surface area contributed by atoms with Crippen LogP contribution < -0.4 is 0 Å². The third-order valence-corrected chi connectivity index (χ3v) is 4.53. The van der Waals surface area contributed by atoms with E-state index in [2.05, 4.69) is 4.74 Å². The van der Waals surface area contributed by atoms with Crippen LogP contribution in [0.15, 0.2) is 0 Å². The number of alkyl halides is 11. The number of ether oxygens (including phenoxy) is 1. The molecule has 29 heavy (non-hydrogen) atoms. The van der Waals surface area contributed by atoms with E-state index in [4.69, 9.17) is 0 Å². The summed E-state index contributed by atoms with van der Waals surface area (Å²) in [7, 11) is 0. The highest BCUT2D eigenvalue weighted by Gasteiger charge is 2.68. The molecule has 1 fully saturated rings. The molecule has 5 unspecified atom stereocenters. The maximum absolute atomic E-state index is 14.8. The molecule has 1 aliphatic heterocycles. The second kappa shape index (κ2) is 8.65. The van der Waals surface area contributed by atoms with Crippen LogP contribution in [-0.2, 0) is 4.74 Å². The molecule has 0 spiro atoms. The van der Waals surface area contributed by atoms with Gasteiger partial charge in [0.2, 0.25) is 0 Å². The maximum atomic E-state index is 14.8. The molecule has 0 aromatic rings. The van der Waals surface area contributed by atoms with E-state index in [1.165, 1.54) is 0 Å². The van der Waals surface area contributed by atoms with Crippen molar-refractivity contribution < 1.29 is 57.5 Å². The zero-order valence-electron chi connectivity index (χ0n) is 15.0. The Morgan fingerprint density at radius 3 is 1.59 bits per heavy atom. The number of piperazine rings is 1. The highest BCUT2D eigenvalue weighted by atomic mass is 19.4. The van der Waals surface area contributed by atoms with Gasteiger partial charge in [-0.25, -0.2) is 22.0 Å². The molecular formula is C14H18F12N2O. The van der Waals surface area contributed by atoms with E-state index < -0.39 is 74.8 Å². The van der Waals surface area contributed by atoms with Gasteiger partial charge in [0.1, 0.15) is 12.2 Å². The second-order valence-electron chi connectivity index (χ2n) is 6.55. The zero-order chi connectivity index (χ0) is 23.0. The predicted molar refractivity (Wildman–Crippen MR) is 75.0 cm³/mol. The minimum absolute atomic E-state index is 0.0979. The van der Waals surface area contributed by atoms with Crippen LogP contribution in [0, 0.1) is 0 Å². The highest BCUT2D eigenvalue weighted by Crippen LogP contribution is 2.45. The van der Waals surface area contributed by atoms with E-state index in [-0.39, 0.29) is 23.9 Å². The normalized spacial score (nSPS) is 24.6. The fraction of sp³-hybridized carbons (Fsp3) is 1.00. The van der Waals surface area contributed by atoms with Gasteiger partial charge in [0.05, 0.1) is 0 Å². The first kappa shape index (κ1) is 26.1. The van der Waals surface area contributed by atoms with Gasteiger partial charge in [-0.05, 0) is 13.8 Å². The third-order valence-electron chi connectivity index (χ3n) is 4.53. The summed E-state index contributed by atoms with van der Waals surface area (Å²) in [6.07, 6.45) is -26.8. The predicted octanol–water partition coefficient (Wildman–Crippen LogP) is 4.38. The monoisotopic (exact) mass is 458 g/mol. The van der Waals surface area contributed by atoms with E-state index in [1.54, 1.807) is 0 Å². The number of rotatable bonds is 7. The second-order valence-corrected chi connectivity index (χ2v) is 6.55. The molecule has 0 N–H and O–H groups in total. The molecule has 1 aliphatic rings. The number of nitrogens with zero attached hydrogens (tertiary/aromatic N) is 2. The van der Waals surface area contributed by atoms with Gasteiger partial charge in [-0.2, -0.15) is 26.3 Å². The molecule has 1 heterocycles. The van der Waals surface area contributed by atoms with Crippen LogP contribution in [-0.4, -0.2) is 84.8 Å². The first-order valence-corrected chi connectivity index (χ1v) is 8.15. The van der Waals surface area contributed by atoms with Gasteiger partial charge in [0.15, 0.2) is 6.30 Å². The molecule has 0 radical (unpaired) electrons. The summed E-state index contributed by atoms with van der Waals surface area (Å²) in [6.45, 7) is -2.27. The van der Waals surface area contributed by atoms with Crippen molar-refractivity contribution in [3.05, 3.63) is 0 Å². The highest BCUT2D eigenvalue weighted by molar-refractivity contribution is 5.01. The lowest BCUT2D eigenvalue weighted by Crippen LogP contribution is -2.65. The van der Waals surface area contributed by atoms with Crippen LogP contribution >= 0.6 is 0 Å². The summed E-state index contributed by atoms with van der Waals surface area (Å²) in [5.41, 5.74) is -4.97. The standard InChI is InChI=1S/C14H18F12N2O/c1-7(29-8(2)12(18,19)9(15)13(20,21)22)11(17,14(23,24)25)10(16)27-3-5-28(26)6-4-27/h7-10H,3-6H2,1-2H3. The molecule has 15 heteroatoms. The Balaban J connectivity index is 3.09. The molecule has 0 aliphatic carbocycles. The van der Waals surface area contributed by atoms with Crippen molar-refractivity contribution in [3.63, 3.8) is 0 Å². The molecule has 0 aromatic carbocycles. The van der Waals surface area contributed by atoms with Gasteiger partial charge in [0, 0.05) is 26.2 Å². The first-order valence-electron chi connectivity index (χ1n) is 8.15. The fourth-order valence-electron chi connectivity index (χ4n) is 2.67. The van der Waals surface area contributed by atoms with Gasteiger partial charge in [-0.3, -0.25) is 4.90 Å². The van der Waals surface area contributed by atoms with E-state index in [9.17, 15) is 52.8 Å².